The number of aliphatic imine (C=N–C) groups is 1. The Morgan fingerprint density at radius 2 is 1.83 bits per heavy atom. The molecule has 0 amide bonds. The zero-order chi connectivity index (χ0) is 20.2. The molecule has 4 nitrogen and oxygen atoms in total. The van der Waals surface area contributed by atoms with Crippen LogP contribution in [0.25, 0.3) is 6.08 Å². The fourth-order valence-corrected chi connectivity index (χ4v) is 3.34. The SMILES string of the molecule is Cc1cccc(COc2ccc(/C=C3\N=C(c4cccc(Br)c4)OC3=O)cc2)c1. The van der Waals surface area contributed by atoms with Crippen LogP contribution < -0.4 is 4.74 Å². The van der Waals surface area contributed by atoms with Crippen molar-refractivity contribution in [3.05, 3.63) is 105 Å². The summed E-state index contributed by atoms with van der Waals surface area (Å²) >= 11 is 3.41. The number of halogens is 1. The normalized spacial score (nSPS) is 14.6. The van der Waals surface area contributed by atoms with Gasteiger partial charge in [-0.2, -0.15) is 0 Å². The molecule has 144 valence electrons. The summed E-state index contributed by atoms with van der Waals surface area (Å²) in [5.41, 5.74) is 4.20. The van der Waals surface area contributed by atoms with Crippen LogP contribution >= 0.6 is 15.9 Å². The molecule has 3 aromatic carbocycles. The summed E-state index contributed by atoms with van der Waals surface area (Å²) in [6.45, 7) is 2.57. The van der Waals surface area contributed by atoms with Crippen LogP contribution in [-0.4, -0.2) is 11.9 Å². The topological polar surface area (TPSA) is 47.9 Å². The maximum absolute atomic E-state index is 12.2. The average Bonchev–Trinajstić information content (AvgIpc) is 3.08. The van der Waals surface area contributed by atoms with E-state index < -0.39 is 5.97 Å². The van der Waals surface area contributed by atoms with Crippen LogP contribution in [-0.2, 0) is 16.1 Å². The van der Waals surface area contributed by atoms with E-state index in [1.54, 1.807) is 6.08 Å². The zero-order valence-corrected chi connectivity index (χ0v) is 17.3. The second-order valence-corrected chi connectivity index (χ2v) is 7.61. The molecule has 0 N–H and O–H groups in total. The first-order valence-electron chi connectivity index (χ1n) is 9.14. The van der Waals surface area contributed by atoms with Crippen LogP contribution in [0.5, 0.6) is 5.75 Å². The van der Waals surface area contributed by atoms with Crippen molar-refractivity contribution in [2.24, 2.45) is 4.99 Å². The van der Waals surface area contributed by atoms with Crippen molar-refractivity contribution in [3.63, 3.8) is 0 Å². The quantitative estimate of drug-likeness (QED) is 0.373. The molecule has 0 saturated heterocycles. The Hall–Kier alpha value is -3.18. The first kappa shape index (κ1) is 19.2. The van der Waals surface area contributed by atoms with Gasteiger partial charge >= 0.3 is 5.97 Å². The van der Waals surface area contributed by atoms with E-state index in [1.165, 1.54) is 5.56 Å². The van der Waals surface area contributed by atoms with E-state index in [4.69, 9.17) is 9.47 Å². The number of hydrogen-bond acceptors (Lipinski definition) is 4. The summed E-state index contributed by atoms with van der Waals surface area (Å²) in [5, 5.41) is 0. The molecule has 5 heteroatoms. The van der Waals surface area contributed by atoms with Crippen LogP contribution in [0, 0.1) is 6.92 Å². The molecular weight excluding hydrogens is 430 g/mol. The van der Waals surface area contributed by atoms with Gasteiger partial charge in [-0.1, -0.05) is 64.0 Å². The van der Waals surface area contributed by atoms with Gasteiger partial charge in [0, 0.05) is 10.0 Å². The highest BCUT2D eigenvalue weighted by atomic mass is 79.9. The maximum Gasteiger partial charge on any atom is 0.363 e. The minimum absolute atomic E-state index is 0.272. The second-order valence-electron chi connectivity index (χ2n) is 6.69. The molecule has 3 aromatic rings. The van der Waals surface area contributed by atoms with E-state index >= 15 is 0 Å². The Morgan fingerprint density at radius 3 is 2.59 bits per heavy atom. The number of hydrogen-bond donors (Lipinski definition) is 0. The monoisotopic (exact) mass is 447 g/mol. The molecule has 0 aliphatic carbocycles. The summed E-state index contributed by atoms with van der Waals surface area (Å²) < 4.78 is 12.0. The van der Waals surface area contributed by atoms with E-state index in [0.717, 1.165) is 26.9 Å². The highest BCUT2D eigenvalue weighted by molar-refractivity contribution is 9.10. The summed E-state index contributed by atoms with van der Waals surface area (Å²) in [5.74, 6) is 0.612. The van der Waals surface area contributed by atoms with E-state index in [-0.39, 0.29) is 5.70 Å². The number of aryl methyl sites for hydroxylation is 1. The first-order chi connectivity index (χ1) is 14.1. The van der Waals surface area contributed by atoms with E-state index in [0.29, 0.717) is 12.5 Å². The Kier molecular flexibility index (Phi) is 5.58. The minimum Gasteiger partial charge on any atom is -0.489 e. The van der Waals surface area contributed by atoms with Gasteiger partial charge < -0.3 is 9.47 Å². The maximum atomic E-state index is 12.2. The third-order valence-corrected chi connectivity index (χ3v) is 4.86. The van der Waals surface area contributed by atoms with Gasteiger partial charge in [0.2, 0.25) is 5.90 Å². The zero-order valence-electron chi connectivity index (χ0n) is 15.8. The lowest BCUT2D eigenvalue weighted by Gasteiger charge is -2.07. The molecule has 29 heavy (non-hydrogen) atoms. The third-order valence-electron chi connectivity index (χ3n) is 4.36. The summed E-state index contributed by atoms with van der Waals surface area (Å²) in [4.78, 5) is 16.5. The van der Waals surface area contributed by atoms with Crippen LogP contribution in [0.4, 0.5) is 0 Å². The lowest BCUT2D eigenvalue weighted by Crippen LogP contribution is -2.05. The number of cyclic esters (lactones) is 1. The van der Waals surface area contributed by atoms with Gasteiger partial charge in [0.25, 0.3) is 0 Å². The number of nitrogens with zero attached hydrogens (tertiary/aromatic N) is 1. The summed E-state index contributed by atoms with van der Waals surface area (Å²) in [6, 6.07) is 23.2. The van der Waals surface area contributed by atoms with Gasteiger partial charge in [0.1, 0.15) is 12.4 Å². The number of esters is 1. The number of carbonyl (C=O) groups excluding carboxylic acids is 1. The average molecular weight is 448 g/mol. The summed E-state index contributed by atoms with van der Waals surface area (Å²) in [7, 11) is 0. The highest BCUT2D eigenvalue weighted by Crippen LogP contribution is 2.22. The molecule has 0 atom stereocenters. The van der Waals surface area contributed by atoms with Gasteiger partial charge in [0.05, 0.1) is 0 Å². The van der Waals surface area contributed by atoms with Gasteiger partial charge in [-0.15, -0.1) is 0 Å². The molecule has 0 aromatic heterocycles. The molecular formula is C24H18BrNO3. The van der Waals surface area contributed by atoms with Gasteiger partial charge in [-0.05, 0) is 54.5 Å². The fraction of sp³-hybridized carbons (Fsp3) is 0.0833. The number of ether oxygens (including phenoxy) is 2. The largest absolute Gasteiger partial charge is 0.489 e. The van der Waals surface area contributed by atoms with Crippen molar-refractivity contribution < 1.29 is 14.3 Å². The Labute approximate surface area is 177 Å². The first-order valence-corrected chi connectivity index (χ1v) is 9.93. The summed E-state index contributed by atoms with van der Waals surface area (Å²) in [6.07, 6.45) is 1.71. The smallest absolute Gasteiger partial charge is 0.363 e. The van der Waals surface area contributed by atoms with E-state index in [2.05, 4.69) is 40.0 Å². The lowest BCUT2D eigenvalue weighted by atomic mass is 10.1. The molecule has 0 unspecified atom stereocenters. The predicted octanol–water partition coefficient (Wildman–Crippen LogP) is 5.68. The molecule has 1 aliphatic heterocycles. The molecule has 0 radical (unpaired) electrons. The number of carbonyl (C=O) groups is 1. The Balaban J connectivity index is 1.46. The number of rotatable bonds is 5. The fourth-order valence-electron chi connectivity index (χ4n) is 2.94. The molecule has 1 heterocycles. The Bertz CT molecular complexity index is 1120. The van der Waals surface area contributed by atoms with Crippen molar-refractivity contribution in [2.45, 2.75) is 13.5 Å². The third kappa shape index (κ3) is 4.81. The van der Waals surface area contributed by atoms with Crippen molar-refractivity contribution >= 4 is 33.9 Å². The van der Waals surface area contributed by atoms with Crippen molar-refractivity contribution in [1.82, 2.24) is 0 Å². The standard InChI is InChI=1S/C24H18BrNO3/c1-16-4-2-5-18(12-16)15-28-21-10-8-17(9-11-21)13-22-24(27)29-23(26-22)19-6-3-7-20(25)14-19/h2-14H,15H2,1H3/b22-13-. The van der Waals surface area contributed by atoms with Gasteiger partial charge in [0.15, 0.2) is 5.70 Å². The second kappa shape index (κ2) is 8.45. The Morgan fingerprint density at radius 1 is 1.03 bits per heavy atom. The molecule has 0 bridgehead atoms. The van der Waals surface area contributed by atoms with Gasteiger partial charge in [-0.25, -0.2) is 9.79 Å². The molecule has 0 spiro atoms. The number of benzene rings is 3. The molecule has 4 rings (SSSR count). The van der Waals surface area contributed by atoms with Crippen LogP contribution in [0.15, 0.2) is 88.0 Å². The van der Waals surface area contributed by atoms with Crippen molar-refractivity contribution in [2.75, 3.05) is 0 Å². The van der Waals surface area contributed by atoms with Crippen LogP contribution in [0.1, 0.15) is 22.3 Å². The lowest BCUT2D eigenvalue weighted by molar-refractivity contribution is -0.129. The van der Waals surface area contributed by atoms with Crippen LogP contribution in [0.3, 0.4) is 0 Å². The highest BCUT2D eigenvalue weighted by Gasteiger charge is 2.24. The molecule has 0 fully saturated rings. The molecule has 1 aliphatic rings. The van der Waals surface area contributed by atoms with E-state index in [1.807, 2.05) is 60.7 Å². The minimum atomic E-state index is -0.459. The van der Waals surface area contributed by atoms with Crippen molar-refractivity contribution in [1.29, 1.82) is 0 Å². The van der Waals surface area contributed by atoms with Crippen LogP contribution in [0.2, 0.25) is 0 Å². The predicted molar refractivity (Wildman–Crippen MR) is 117 cm³/mol. The molecule has 0 saturated carbocycles. The van der Waals surface area contributed by atoms with Crippen molar-refractivity contribution in [3.8, 4) is 5.75 Å². The van der Waals surface area contributed by atoms with E-state index in [9.17, 15) is 4.79 Å². The van der Waals surface area contributed by atoms with Gasteiger partial charge in [-0.3, -0.25) is 0 Å².